The molecule has 0 aromatic heterocycles. The SMILES string of the molecule is CC(=O)c1ccccc1OC(O)O. The fraction of sp³-hybridized carbons (Fsp3) is 0.222. The van der Waals surface area contributed by atoms with E-state index >= 15 is 0 Å². The number of benzene rings is 1. The molecule has 0 aliphatic rings. The maximum atomic E-state index is 11.0. The van der Waals surface area contributed by atoms with Crippen molar-refractivity contribution in [1.82, 2.24) is 0 Å². The Balaban J connectivity index is 2.98. The summed E-state index contributed by atoms with van der Waals surface area (Å²) in [6.45, 7) is -0.521. The molecule has 0 bridgehead atoms. The minimum absolute atomic E-state index is 0.171. The van der Waals surface area contributed by atoms with E-state index in [2.05, 4.69) is 4.74 Å². The average Bonchev–Trinajstić information content (AvgIpc) is 2.03. The summed E-state index contributed by atoms with van der Waals surface area (Å²) in [5, 5.41) is 17.1. The highest BCUT2D eigenvalue weighted by atomic mass is 16.7. The van der Waals surface area contributed by atoms with Crippen molar-refractivity contribution in [3.8, 4) is 5.75 Å². The van der Waals surface area contributed by atoms with Crippen molar-refractivity contribution in [3.05, 3.63) is 29.8 Å². The van der Waals surface area contributed by atoms with Gasteiger partial charge in [-0.15, -0.1) is 0 Å². The Morgan fingerprint density at radius 2 is 2.00 bits per heavy atom. The van der Waals surface area contributed by atoms with E-state index in [1.807, 2.05) is 0 Å². The van der Waals surface area contributed by atoms with Gasteiger partial charge in [-0.25, -0.2) is 0 Å². The molecule has 0 amide bonds. The number of hydrogen-bond acceptors (Lipinski definition) is 4. The van der Waals surface area contributed by atoms with E-state index in [1.165, 1.54) is 13.0 Å². The molecule has 13 heavy (non-hydrogen) atoms. The Morgan fingerprint density at radius 1 is 1.38 bits per heavy atom. The van der Waals surface area contributed by atoms with Gasteiger partial charge in [0.25, 0.3) is 0 Å². The van der Waals surface area contributed by atoms with Crippen molar-refractivity contribution >= 4 is 5.78 Å². The minimum atomic E-state index is -1.90. The molecule has 0 heterocycles. The first-order chi connectivity index (χ1) is 6.11. The third-order valence-electron chi connectivity index (χ3n) is 1.50. The molecule has 0 saturated carbocycles. The number of Topliss-reactive ketones (excluding diaryl/α,β-unsaturated/α-hetero) is 1. The van der Waals surface area contributed by atoms with Crippen LogP contribution in [0.1, 0.15) is 17.3 Å². The number of ketones is 1. The molecule has 1 aromatic carbocycles. The largest absolute Gasteiger partial charge is 0.441 e. The van der Waals surface area contributed by atoms with Gasteiger partial charge in [-0.2, -0.15) is 0 Å². The van der Waals surface area contributed by atoms with E-state index < -0.39 is 6.48 Å². The number of carbonyl (C=O) groups excluding carboxylic acids is 1. The second kappa shape index (κ2) is 4.02. The molecule has 4 nitrogen and oxygen atoms in total. The Bertz CT molecular complexity index is 306. The van der Waals surface area contributed by atoms with Crippen LogP contribution in [-0.4, -0.2) is 22.5 Å². The van der Waals surface area contributed by atoms with Crippen LogP contribution in [0.2, 0.25) is 0 Å². The average molecular weight is 182 g/mol. The van der Waals surface area contributed by atoms with Gasteiger partial charge in [-0.3, -0.25) is 4.79 Å². The summed E-state index contributed by atoms with van der Waals surface area (Å²) in [4.78, 5) is 11.0. The van der Waals surface area contributed by atoms with Crippen molar-refractivity contribution in [2.24, 2.45) is 0 Å². The van der Waals surface area contributed by atoms with E-state index in [0.717, 1.165) is 0 Å². The first kappa shape index (κ1) is 9.70. The van der Waals surface area contributed by atoms with Gasteiger partial charge in [0.15, 0.2) is 5.78 Å². The molecule has 0 unspecified atom stereocenters. The van der Waals surface area contributed by atoms with Crippen molar-refractivity contribution in [3.63, 3.8) is 0 Å². The van der Waals surface area contributed by atoms with Crippen LogP contribution in [0.25, 0.3) is 0 Å². The molecule has 0 atom stereocenters. The summed E-state index contributed by atoms with van der Waals surface area (Å²) < 4.78 is 4.60. The number of para-hydroxylation sites is 1. The second-order valence-corrected chi connectivity index (χ2v) is 2.50. The highest BCUT2D eigenvalue weighted by Crippen LogP contribution is 2.18. The minimum Gasteiger partial charge on any atom is -0.441 e. The molecule has 1 aromatic rings. The van der Waals surface area contributed by atoms with Gasteiger partial charge in [0.05, 0.1) is 5.56 Å². The van der Waals surface area contributed by atoms with Crippen LogP contribution in [0.4, 0.5) is 0 Å². The first-order valence-electron chi connectivity index (χ1n) is 3.74. The number of ether oxygens (including phenoxy) is 1. The maximum absolute atomic E-state index is 11.0. The quantitative estimate of drug-likeness (QED) is 0.528. The van der Waals surface area contributed by atoms with E-state index in [9.17, 15) is 4.79 Å². The van der Waals surface area contributed by atoms with Gasteiger partial charge < -0.3 is 14.9 Å². The van der Waals surface area contributed by atoms with Crippen LogP contribution in [-0.2, 0) is 0 Å². The zero-order valence-electron chi connectivity index (χ0n) is 7.10. The maximum Gasteiger partial charge on any atom is 0.310 e. The fourth-order valence-corrected chi connectivity index (χ4v) is 0.974. The molecule has 0 fully saturated rings. The molecule has 0 saturated heterocycles. The molecule has 0 radical (unpaired) electrons. The van der Waals surface area contributed by atoms with E-state index in [1.54, 1.807) is 18.2 Å². The van der Waals surface area contributed by atoms with E-state index in [-0.39, 0.29) is 11.5 Å². The Morgan fingerprint density at radius 3 is 2.54 bits per heavy atom. The zero-order valence-corrected chi connectivity index (χ0v) is 7.10. The monoisotopic (exact) mass is 182 g/mol. The first-order valence-corrected chi connectivity index (χ1v) is 3.74. The predicted molar refractivity (Wildman–Crippen MR) is 45.3 cm³/mol. The summed E-state index contributed by atoms with van der Waals surface area (Å²) in [5.74, 6) is -0.0127. The van der Waals surface area contributed by atoms with E-state index in [0.29, 0.717) is 5.56 Å². The lowest BCUT2D eigenvalue weighted by atomic mass is 10.1. The van der Waals surface area contributed by atoms with Gasteiger partial charge >= 0.3 is 6.48 Å². The van der Waals surface area contributed by atoms with E-state index in [4.69, 9.17) is 10.2 Å². The van der Waals surface area contributed by atoms with Gasteiger partial charge in [-0.05, 0) is 19.1 Å². The lowest BCUT2D eigenvalue weighted by Crippen LogP contribution is -2.15. The molecule has 0 aliphatic heterocycles. The molecular formula is C9H10O4. The number of aliphatic hydroxyl groups is 2. The van der Waals surface area contributed by atoms with Crippen molar-refractivity contribution in [1.29, 1.82) is 0 Å². The summed E-state index contributed by atoms with van der Waals surface area (Å²) >= 11 is 0. The molecule has 1 rings (SSSR count). The Kier molecular flexibility index (Phi) is 3.00. The topological polar surface area (TPSA) is 66.8 Å². The molecular weight excluding hydrogens is 172 g/mol. The van der Waals surface area contributed by atoms with Crippen molar-refractivity contribution < 1.29 is 19.7 Å². The molecule has 4 heteroatoms. The predicted octanol–water partition coefficient (Wildman–Crippen LogP) is 0.536. The Hall–Kier alpha value is -1.39. The van der Waals surface area contributed by atoms with Crippen LogP contribution in [0.5, 0.6) is 5.75 Å². The lowest BCUT2D eigenvalue weighted by molar-refractivity contribution is -0.179. The van der Waals surface area contributed by atoms with Crippen LogP contribution in [0.3, 0.4) is 0 Å². The van der Waals surface area contributed by atoms with Crippen molar-refractivity contribution in [2.45, 2.75) is 13.4 Å². The van der Waals surface area contributed by atoms with Crippen LogP contribution >= 0.6 is 0 Å². The molecule has 0 spiro atoms. The van der Waals surface area contributed by atoms with Gasteiger partial charge in [0, 0.05) is 0 Å². The van der Waals surface area contributed by atoms with Crippen LogP contribution in [0, 0.1) is 0 Å². The molecule has 2 N–H and O–H groups in total. The van der Waals surface area contributed by atoms with Crippen molar-refractivity contribution in [2.75, 3.05) is 0 Å². The summed E-state index contributed by atoms with van der Waals surface area (Å²) in [6.07, 6.45) is 0. The second-order valence-electron chi connectivity index (χ2n) is 2.50. The molecule has 70 valence electrons. The third kappa shape index (κ3) is 2.54. The number of aliphatic hydroxyl groups excluding tert-OH is 1. The number of rotatable bonds is 3. The normalized spacial score (nSPS) is 10.2. The van der Waals surface area contributed by atoms with Crippen LogP contribution < -0.4 is 4.74 Å². The van der Waals surface area contributed by atoms with Gasteiger partial charge in [-0.1, -0.05) is 12.1 Å². The fourth-order valence-electron chi connectivity index (χ4n) is 0.974. The highest BCUT2D eigenvalue weighted by Gasteiger charge is 2.09. The third-order valence-corrected chi connectivity index (χ3v) is 1.50. The van der Waals surface area contributed by atoms with Gasteiger partial charge in [0.1, 0.15) is 5.75 Å². The summed E-state index contributed by atoms with van der Waals surface area (Å²) in [7, 11) is 0. The summed E-state index contributed by atoms with van der Waals surface area (Å²) in [6, 6.07) is 6.37. The highest BCUT2D eigenvalue weighted by molar-refractivity contribution is 5.96. The summed E-state index contributed by atoms with van der Waals surface area (Å²) in [5.41, 5.74) is 0.329. The number of carbonyl (C=O) groups is 1. The Labute approximate surface area is 75.4 Å². The standard InChI is InChI=1S/C9H10O4/c1-6(10)7-4-2-3-5-8(7)13-9(11)12/h2-5,9,11-12H,1H3. The van der Waals surface area contributed by atoms with Crippen LogP contribution in [0.15, 0.2) is 24.3 Å². The molecule has 0 aliphatic carbocycles. The van der Waals surface area contributed by atoms with Gasteiger partial charge in [0.2, 0.25) is 0 Å². The smallest absolute Gasteiger partial charge is 0.310 e. The zero-order chi connectivity index (χ0) is 9.84. The number of hydrogen-bond donors (Lipinski definition) is 2. The lowest BCUT2D eigenvalue weighted by Gasteiger charge is -2.09.